The summed E-state index contributed by atoms with van der Waals surface area (Å²) in [5, 5.41) is 7.25. The minimum Gasteiger partial charge on any atom is -0.317 e. The Morgan fingerprint density at radius 1 is 1.00 bits per heavy atom. The lowest BCUT2D eigenvalue weighted by Crippen LogP contribution is -2.14. The lowest BCUT2D eigenvalue weighted by atomic mass is 10.1. The summed E-state index contributed by atoms with van der Waals surface area (Å²) in [4.78, 5) is 21.7. The minimum atomic E-state index is -3.40. The van der Waals surface area contributed by atoms with E-state index in [4.69, 9.17) is 0 Å². The van der Waals surface area contributed by atoms with Crippen LogP contribution in [0.3, 0.4) is 0 Å². The van der Waals surface area contributed by atoms with Gasteiger partial charge in [0.1, 0.15) is 11.4 Å². The van der Waals surface area contributed by atoms with E-state index in [9.17, 15) is 13.2 Å². The van der Waals surface area contributed by atoms with Gasteiger partial charge in [-0.1, -0.05) is 24.3 Å². The first-order valence-corrected chi connectivity index (χ1v) is 11.5. The largest absolute Gasteiger partial charge is 0.317 e. The Balaban J connectivity index is 1.60. The van der Waals surface area contributed by atoms with Gasteiger partial charge in [-0.3, -0.25) is 19.2 Å². The Bertz CT molecular complexity index is 1380. The van der Waals surface area contributed by atoms with Crippen LogP contribution in [-0.2, 0) is 17.1 Å². The molecule has 162 valence electrons. The summed E-state index contributed by atoms with van der Waals surface area (Å²) in [7, 11) is -1.64. The maximum Gasteiger partial charge on any atom is 0.274 e. The Labute approximate surface area is 185 Å². The van der Waals surface area contributed by atoms with Crippen molar-refractivity contribution in [2.75, 3.05) is 16.3 Å². The number of aromatic nitrogens is 4. The van der Waals surface area contributed by atoms with Crippen molar-refractivity contribution in [3.8, 4) is 22.6 Å². The van der Waals surface area contributed by atoms with Crippen LogP contribution < -0.4 is 10.0 Å². The third kappa shape index (κ3) is 4.98. The van der Waals surface area contributed by atoms with Crippen LogP contribution in [0.5, 0.6) is 0 Å². The molecule has 3 heterocycles. The van der Waals surface area contributed by atoms with Gasteiger partial charge in [0.15, 0.2) is 0 Å². The van der Waals surface area contributed by atoms with Gasteiger partial charge in [0.25, 0.3) is 5.91 Å². The number of nitrogens with one attached hydrogen (secondary N) is 2. The molecule has 0 spiro atoms. The molecule has 0 aliphatic carbocycles. The molecule has 4 rings (SSSR count). The molecule has 0 aliphatic rings. The number of benzene rings is 1. The molecule has 0 radical (unpaired) electrons. The zero-order chi connectivity index (χ0) is 22.7. The van der Waals surface area contributed by atoms with Gasteiger partial charge >= 0.3 is 0 Å². The van der Waals surface area contributed by atoms with Crippen LogP contribution in [0.4, 0.5) is 11.4 Å². The fourth-order valence-electron chi connectivity index (χ4n) is 3.14. The van der Waals surface area contributed by atoms with E-state index < -0.39 is 15.9 Å². The second-order valence-corrected chi connectivity index (χ2v) is 8.85. The van der Waals surface area contributed by atoms with E-state index in [1.165, 1.54) is 0 Å². The van der Waals surface area contributed by atoms with Crippen LogP contribution in [0.1, 0.15) is 10.5 Å². The quantitative estimate of drug-likeness (QED) is 0.468. The number of rotatable bonds is 6. The van der Waals surface area contributed by atoms with Crippen molar-refractivity contribution >= 4 is 27.3 Å². The molecule has 32 heavy (non-hydrogen) atoms. The SMILES string of the molecule is Cn1cc(NC(=O)c2cccc(-c3cccc(NS(C)(=O)=O)c3)n2)c(-c2ccccn2)n1. The van der Waals surface area contributed by atoms with E-state index >= 15 is 0 Å². The molecular weight excluding hydrogens is 428 g/mol. The molecule has 2 N–H and O–H groups in total. The molecule has 0 bridgehead atoms. The fourth-order valence-corrected chi connectivity index (χ4v) is 3.69. The first-order chi connectivity index (χ1) is 15.3. The molecule has 0 atom stereocenters. The van der Waals surface area contributed by atoms with Gasteiger partial charge < -0.3 is 5.32 Å². The number of amides is 1. The number of sulfonamides is 1. The molecule has 4 aromatic rings. The van der Waals surface area contributed by atoms with E-state index in [2.05, 4.69) is 25.1 Å². The van der Waals surface area contributed by atoms with Gasteiger partial charge in [-0.15, -0.1) is 0 Å². The number of aryl methyl sites for hydroxylation is 1. The number of carbonyl (C=O) groups excluding carboxylic acids is 1. The zero-order valence-corrected chi connectivity index (χ0v) is 18.2. The molecule has 0 aliphatic heterocycles. The first kappa shape index (κ1) is 21.2. The molecule has 1 aromatic carbocycles. The lowest BCUT2D eigenvalue weighted by molar-refractivity contribution is 0.102. The summed E-state index contributed by atoms with van der Waals surface area (Å²) in [5.74, 6) is -0.401. The smallest absolute Gasteiger partial charge is 0.274 e. The van der Waals surface area contributed by atoms with Crippen molar-refractivity contribution in [2.45, 2.75) is 0 Å². The Morgan fingerprint density at radius 3 is 2.53 bits per heavy atom. The van der Waals surface area contributed by atoms with Crippen LogP contribution in [-0.4, -0.2) is 40.3 Å². The van der Waals surface area contributed by atoms with Gasteiger partial charge in [-0.05, 0) is 36.4 Å². The van der Waals surface area contributed by atoms with E-state index in [0.717, 1.165) is 6.26 Å². The number of pyridine rings is 2. The monoisotopic (exact) mass is 448 g/mol. The van der Waals surface area contributed by atoms with Crippen molar-refractivity contribution in [1.29, 1.82) is 0 Å². The predicted molar refractivity (Wildman–Crippen MR) is 123 cm³/mol. The highest BCUT2D eigenvalue weighted by Crippen LogP contribution is 2.25. The predicted octanol–water partition coefficient (Wildman–Crippen LogP) is 3.17. The molecule has 0 fully saturated rings. The van der Waals surface area contributed by atoms with Gasteiger partial charge in [-0.2, -0.15) is 5.10 Å². The summed E-state index contributed by atoms with van der Waals surface area (Å²) in [5.41, 5.74) is 3.53. The van der Waals surface area contributed by atoms with Gasteiger partial charge in [0.05, 0.1) is 23.3 Å². The second-order valence-electron chi connectivity index (χ2n) is 7.10. The fraction of sp³-hybridized carbons (Fsp3) is 0.0909. The van der Waals surface area contributed by atoms with E-state index in [0.29, 0.717) is 34.0 Å². The number of hydrogen-bond donors (Lipinski definition) is 2. The van der Waals surface area contributed by atoms with Crippen LogP contribution in [0.2, 0.25) is 0 Å². The van der Waals surface area contributed by atoms with Crippen LogP contribution in [0.25, 0.3) is 22.6 Å². The third-order valence-corrected chi connectivity index (χ3v) is 5.03. The maximum absolute atomic E-state index is 12.9. The molecule has 10 heteroatoms. The molecule has 3 aromatic heterocycles. The molecule has 0 unspecified atom stereocenters. The van der Waals surface area contributed by atoms with Crippen LogP contribution in [0, 0.1) is 0 Å². The highest BCUT2D eigenvalue weighted by Gasteiger charge is 2.16. The summed E-state index contributed by atoms with van der Waals surface area (Å²) < 4.78 is 27.0. The molecule has 0 saturated heterocycles. The summed E-state index contributed by atoms with van der Waals surface area (Å²) >= 11 is 0. The minimum absolute atomic E-state index is 0.208. The number of nitrogens with zero attached hydrogens (tertiary/aromatic N) is 4. The van der Waals surface area contributed by atoms with E-state index in [1.54, 1.807) is 72.7 Å². The summed E-state index contributed by atoms with van der Waals surface area (Å²) in [6, 6.07) is 17.3. The highest BCUT2D eigenvalue weighted by atomic mass is 32.2. The normalized spacial score (nSPS) is 11.2. The zero-order valence-electron chi connectivity index (χ0n) is 17.4. The summed E-state index contributed by atoms with van der Waals surface area (Å²) in [6.45, 7) is 0. The number of carbonyl (C=O) groups is 1. The van der Waals surface area contributed by atoms with E-state index in [1.807, 2.05) is 12.1 Å². The van der Waals surface area contributed by atoms with Crippen LogP contribution in [0.15, 0.2) is 73.1 Å². The number of anilines is 2. The Hall–Kier alpha value is -4.05. The molecule has 0 saturated carbocycles. The highest BCUT2D eigenvalue weighted by molar-refractivity contribution is 7.92. The van der Waals surface area contributed by atoms with Crippen molar-refractivity contribution in [3.05, 3.63) is 78.8 Å². The maximum atomic E-state index is 12.9. The average molecular weight is 449 g/mol. The summed E-state index contributed by atoms with van der Waals surface area (Å²) in [6.07, 6.45) is 4.44. The average Bonchev–Trinajstić information content (AvgIpc) is 3.13. The lowest BCUT2D eigenvalue weighted by Gasteiger charge is -2.08. The Morgan fingerprint density at radius 2 is 1.78 bits per heavy atom. The molecule has 1 amide bonds. The van der Waals surface area contributed by atoms with Crippen molar-refractivity contribution < 1.29 is 13.2 Å². The molecule has 9 nitrogen and oxygen atoms in total. The first-order valence-electron chi connectivity index (χ1n) is 9.60. The van der Waals surface area contributed by atoms with Crippen molar-refractivity contribution in [2.24, 2.45) is 7.05 Å². The second kappa shape index (κ2) is 8.60. The Kier molecular flexibility index (Phi) is 5.69. The molecular formula is C22H20N6O3S. The van der Waals surface area contributed by atoms with Crippen molar-refractivity contribution in [1.82, 2.24) is 19.7 Å². The number of hydrogen-bond acceptors (Lipinski definition) is 6. The van der Waals surface area contributed by atoms with Crippen molar-refractivity contribution in [3.63, 3.8) is 0 Å². The van der Waals surface area contributed by atoms with Gasteiger partial charge in [0, 0.05) is 30.7 Å². The topological polar surface area (TPSA) is 119 Å². The van der Waals surface area contributed by atoms with E-state index in [-0.39, 0.29) is 5.69 Å². The van der Waals surface area contributed by atoms with Crippen LogP contribution >= 0.6 is 0 Å². The third-order valence-electron chi connectivity index (χ3n) is 4.43. The standard InChI is InChI=1S/C22H20N6O3S/c1-28-14-20(21(26-28)18-9-3-4-12-23-18)25-22(29)19-11-6-10-17(24-19)15-7-5-8-16(13-15)27-32(2,30)31/h3-14,27H,1-2H3,(H,25,29). The van der Waals surface area contributed by atoms with Gasteiger partial charge in [-0.25, -0.2) is 13.4 Å². The van der Waals surface area contributed by atoms with Gasteiger partial charge in [0.2, 0.25) is 10.0 Å².